The van der Waals surface area contributed by atoms with Crippen LogP contribution in [0.3, 0.4) is 0 Å². The highest BCUT2D eigenvalue weighted by atomic mass is 79.9. The zero-order valence-electron chi connectivity index (χ0n) is 6.88. The average molecular weight is 309 g/mol. The summed E-state index contributed by atoms with van der Waals surface area (Å²) in [5.41, 5.74) is 1.71. The summed E-state index contributed by atoms with van der Waals surface area (Å²) in [4.78, 5) is 10.2. The van der Waals surface area contributed by atoms with Gasteiger partial charge in [0.2, 0.25) is 0 Å². The van der Waals surface area contributed by atoms with E-state index in [1.165, 1.54) is 0 Å². The fourth-order valence-corrected chi connectivity index (χ4v) is 1.81. The second-order valence-electron chi connectivity index (χ2n) is 2.61. The molecule has 0 saturated heterocycles. The lowest BCUT2D eigenvalue weighted by atomic mass is 10.1. The first-order valence-electron chi connectivity index (χ1n) is 3.55. The highest BCUT2D eigenvalue weighted by Crippen LogP contribution is 2.28. The van der Waals surface area contributed by atoms with E-state index < -0.39 is 0 Å². The first-order chi connectivity index (χ1) is 6.06. The second-order valence-corrected chi connectivity index (χ2v) is 4.03. The van der Waals surface area contributed by atoms with E-state index >= 15 is 0 Å². The largest absolute Gasteiger partial charge is 0.273 e. The molecule has 0 fully saturated rings. The summed E-state index contributed by atoms with van der Waals surface area (Å²) in [6.45, 7) is 1.72. The van der Waals surface area contributed by atoms with Crippen molar-refractivity contribution in [2.45, 2.75) is 12.3 Å². The molecular weight excluding hydrogens is 302 g/mol. The lowest BCUT2D eigenvalue weighted by molar-refractivity contribution is -0.385. The SMILES string of the molecule is Cc1c(Br)cc(CBr)cc1[N+](=O)[O-]. The molecule has 0 bridgehead atoms. The Kier molecular flexibility index (Phi) is 3.44. The number of hydrogen-bond donors (Lipinski definition) is 0. The number of nitro benzene ring substituents is 1. The monoisotopic (exact) mass is 307 g/mol. The van der Waals surface area contributed by atoms with E-state index in [1.807, 2.05) is 6.07 Å². The summed E-state index contributed by atoms with van der Waals surface area (Å²) in [6.07, 6.45) is 0. The standard InChI is InChI=1S/C8H7Br2NO2/c1-5-7(10)2-6(4-9)3-8(5)11(12)13/h2-3H,4H2,1H3. The van der Waals surface area contributed by atoms with Crippen molar-refractivity contribution in [3.63, 3.8) is 0 Å². The molecule has 0 aliphatic heterocycles. The van der Waals surface area contributed by atoms with Crippen LogP contribution < -0.4 is 0 Å². The molecule has 0 radical (unpaired) electrons. The third kappa shape index (κ3) is 2.28. The molecule has 3 nitrogen and oxygen atoms in total. The van der Waals surface area contributed by atoms with Crippen LogP contribution in [0.2, 0.25) is 0 Å². The van der Waals surface area contributed by atoms with Gasteiger partial charge >= 0.3 is 0 Å². The molecule has 0 aromatic heterocycles. The summed E-state index contributed by atoms with van der Waals surface area (Å²) in [5.74, 6) is 0. The summed E-state index contributed by atoms with van der Waals surface area (Å²) < 4.78 is 0.774. The molecule has 0 unspecified atom stereocenters. The molecular formula is C8H7Br2NO2. The molecule has 70 valence electrons. The topological polar surface area (TPSA) is 43.1 Å². The van der Waals surface area contributed by atoms with Crippen molar-refractivity contribution in [2.75, 3.05) is 0 Å². The number of rotatable bonds is 2. The third-order valence-electron chi connectivity index (χ3n) is 1.73. The molecule has 1 aromatic rings. The van der Waals surface area contributed by atoms with E-state index in [-0.39, 0.29) is 10.6 Å². The molecule has 5 heteroatoms. The van der Waals surface area contributed by atoms with Gasteiger partial charge in [-0.25, -0.2) is 0 Å². The number of nitro groups is 1. The molecule has 0 N–H and O–H groups in total. The molecule has 0 aliphatic rings. The zero-order valence-corrected chi connectivity index (χ0v) is 10.1. The Bertz CT molecular complexity index is 352. The van der Waals surface area contributed by atoms with Gasteiger partial charge in [0.05, 0.1) is 4.92 Å². The maximum atomic E-state index is 10.6. The van der Waals surface area contributed by atoms with E-state index in [0.29, 0.717) is 10.9 Å². The Morgan fingerprint density at radius 3 is 2.62 bits per heavy atom. The Balaban J connectivity index is 3.33. The molecule has 0 heterocycles. The number of halogens is 2. The molecule has 0 spiro atoms. The first-order valence-corrected chi connectivity index (χ1v) is 5.47. The number of benzene rings is 1. The predicted molar refractivity (Wildman–Crippen MR) is 58.2 cm³/mol. The van der Waals surface area contributed by atoms with Crippen LogP contribution in [-0.4, -0.2) is 4.92 Å². The van der Waals surface area contributed by atoms with Crippen molar-refractivity contribution < 1.29 is 4.92 Å². The quantitative estimate of drug-likeness (QED) is 0.476. The van der Waals surface area contributed by atoms with Crippen LogP contribution in [0.15, 0.2) is 16.6 Å². The van der Waals surface area contributed by atoms with Gasteiger partial charge in [-0.15, -0.1) is 0 Å². The Hall–Kier alpha value is -0.420. The lowest BCUT2D eigenvalue weighted by Crippen LogP contribution is -1.94. The molecule has 0 saturated carbocycles. The van der Waals surface area contributed by atoms with Crippen LogP contribution in [0.5, 0.6) is 0 Å². The summed E-state index contributed by atoms with van der Waals surface area (Å²) in [5, 5.41) is 11.2. The summed E-state index contributed by atoms with van der Waals surface area (Å²) in [6, 6.07) is 3.45. The van der Waals surface area contributed by atoms with Gasteiger partial charge in [-0.2, -0.15) is 0 Å². The van der Waals surface area contributed by atoms with Crippen molar-refractivity contribution in [2.24, 2.45) is 0 Å². The number of hydrogen-bond acceptors (Lipinski definition) is 2. The summed E-state index contributed by atoms with van der Waals surface area (Å²) >= 11 is 6.54. The van der Waals surface area contributed by atoms with Gasteiger partial charge in [-0.1, -0.05) is 31.9 Å². The van der Waals surface area contributed by atoms with Gasteiger partial charge in [-0.3, -0.25) is 10.1 Å². The van der Waals surface area contributed by atoms with Crippen LogP contribution in [-0.2, 0) is 5.33 Å². The van der Waals surface area contributed by atoms with Crippen molar-refractivity contribution in [1.29, 1.82) is 0 Å². The molecule has 0 atom stereocenters. The normalized spacial score (nSPS) is 10.1. The second kappa shape index (κ2) is 4.19. The van der Waals surface area contributed by atoms with Crippen molar-refractivity contribution in [3.8, 4) is 0 Å². The third-order valence-corrected chi connectivity index (χ3v) is 3.20. The van der Waals surface area contributed by atoms with E-state index in [9.17, 15) is 10.1 Å². The Labute approximate surface area is 92.5 Å². The fraction of sp³-hybridized carbons (Fsp3) is 0.250. The van der Waals surface area contributed by atoms with Crippen molar-refractivity contribution in [3.05, 3.63) is 37.8 Å². The minimum atomic E-state index is -0.369. The minimum absolute atomic E-state index is 0.156. The smallest absolute Gasteiger partial charge is 0.258 e. The number of alkyl halides is 1. The van der Waals surface area contributed by atoms with Crippen LogP contribution in [0.25, 0.3) is 0 Å². The van der Waals surface area contributed by atoms with E-state index in [2.05, 4.69) is 31.9 Å². The predicted octanol–water partition coefficient (Wildman–Crippen LogP) is 3.56. The Morgan fingerprint density at radius 1 is 1.54 bits per heavy atom. The maximum absolute atomic E-state index is 10.6. The van der Waals surface area contributed by atoms with Crippen LogP contribution in [0.4, 0.5) is 5.69 Å². The van der Waals surface area contributed by atoms with Crippen LogP contribution in [0, 0.1) is 17.0 Å². The molecule has 13 heavy (non-hydrogen) atoms. The van der Waals surface area contributed by atoms with Crippen LogP contribution in [0.1, 0.15) is 11.1 Å². The van der Waals surface area contributed by atoms with E-state index in [1.54, 1.807) is 13.0 Å². The van der Waals surface area contributed by atoms with Gasteiger partial charge in [0.25, 0.3) is 5.69 Å². The fourth-order valence-electron chi connectivity index (χ4n) is 0.986. The van der Waals surface area contributed by atoms with Crippen molar-refractivity contribution in [1.82, 2.24) is 0 Å². The summed E-state index contributed by atoms with van der Waals surface area (Å²) in [7, 11) is 0. The van der Waals surface area contributed by atoms with Gasteiger partial charge in [0, 0.05) is 21.4 Å². The van der Waals surface area contributed by atoms with E-state index in [4.69, 9.17) is 0 Å². The Morgan fingerprint density at radius 2 is 2.15 bits per heavy atom. The van der Waals surface area contributed by atoms with Gasteiger partial charge < -0.3 is 0 Å². The molecule has 0 amide bonds. The van der Waals surface area contributed by atoms with E-state index in [0.717, 1.165) is 10.0 Å². The first kappa shape index (κ1) is 10.7. The highest BCUT2D eigenvalue weighted by molar-refractivity contribution is 9.10. The van der Waals surface area contributed by atoms with Gasteiger partial charge in [0.1, 0.15) is 0 Å². The average Bonchev–Trinajstić information content (AvgIpc) is 2.09. The molecule has 0 aliphatic carbocycles. The molecule has 1 rings (SSSR count). The van der Waals surface area contributed by atoms with Gasteiger partial charge in [-0.05, 0) is 18.6 Å². The van der Waals surface area contributed by atoms with Gasteiger partial charge in [0.15, 0.2) is 0 Å². The minimum Gasteiger partial charge on any atom is -0.258 e. The molecule has 1 aromatic carbocycles. The van der Waals surface area contributed by atoms with Crippen molar-refractivity contribution >= 4 is 37.5 Å². The zero-order chi connectivity index (χ0) is 10.0. The van der Waals surface area contributed by atoms with Crippen LogP contribution >= 0.6 is 31.9 Å². The lowest BCUT2D eigenvalue weighted by Gasteiger charge is -2.02. The number of nitrogens with zero attached hydrogens (tertiary/aromatic N) is 1. The highest BCUT2D eigenvalue weighted by Gasteiger charge is 2.13. The maximum Gasteiger partial charge on any atom is 0.273 e.